The molecule has 1 aromatic heterocycles. The van der Waals surface area contributed by atoms with Crippen molar-refractivity contribution in [3.05, 3.63) is 16.1 Å². The van der Waals surface area contributed by atoms with Crippen LogP contribution >= 0.6 is 34.9 Å². The molecule has 0 atom stereocenters. The van der Waals surface area contributed by atoms with Crippen molar-refractivity contribution in [3.8, 4) is 0 Å². The van der Waals surface area contributed by atoms with Crippen LogP contribution in [0, 0.1) is 5.92 Å². The maximum Gasteiger partial charge on any atom is 0.130 e. The van der Waals surface area contributed by atoms with Crippen molar-refractivity contribution >= 4 is 51.7 Å². The average Bonchev–Trinajstić information content (AvgIpc) is 2.89. The van der Waals surface area contributed by atoms with Crippen LogP contribution in [-0.2, 0) is 0 Å². The lowest BCUT2D eigenvalue weighted by Crippen LogP contribution is -2.17. The average molecular weight is 316 g/mol. The molecule has 102 valence electrons. The summed E-state index contributed by atoms with van der Waals surface area (Å²) in [6.45, 7) is 0.952. The highest BCUT2D eigenvalue weighted by molar-refractivity contribution is 7.00. The molecule has 1 heterocycles. The summed E-state index contributed by atoms with van der Waals surface area (Å²) >= 11 is 13.6. The van der Waals surface area contributed by atoms with Crippen molar-refractivity contribution in [1.82, 2.24) is 8.75 Å². The summed E-state index contributed by atoms with van der Waals surface area (Å²) in [6, 6.07) is 1.75. The lowest BCUT2D eigenvalue weighted by Gasteiger charge is -2.22. The molecular weight excluding hydrogens is 301 g/mol. The molecule has 6 heteroatoms. The predicted molar refractivity (Wildman–Crippen MR) is 82.5 cm³/mol. The van der Waals surface area contributed by atoms with Gasteiger partial charge in [0.05, 0.1) is 27.5 Å². The topological polar surface area (TPSA) is 37.8 Å². The van der Waals surface area contributed by atoms with Gasteiger partial charge in [0.25, 0.3) is 0 Å². The SMILES string of the molecule is Clc1cc(Cl)c2nsnc2c1NCC1CCCCC1. The Bertz CT molecular complexity index is 579. The molecule has 2 aromatic rings. The quantitative estimate of drug-likeness (QED) is 0.867. The van der Waals surface area contributed by atoms with Gasteiger partial charge in [0.2, 0.25) is 0 Å². The number of rotatable bonds is 3. The number of benzene rings is 1. The molecule has 0 radical (unpaired) electrons. The highest BCUT2D eigenvalue weighted by Gasteiger charge is 2.17. The largest absolute Gasteiger partial charge is 0.382 e. The second-order valence-corrected chi connectivity index (χ2v) is 6.40. The fourth-order valence-corrected chi connectivity index (χ4v) is 3.86. The van der Waals surface area contributed by atoms with Crippen molar-refractivity contribution in [2.75, 3.05) is 11.9 Å². The zero-order valence-electron chi connectivity index (χ0n) is 10.5. The Morgan fingerprint density at radius 1 is 1.11 bits per heavy atom. The minimum absolute atomic E-state index is 0.567. The molecule has 0 amide bonds. The van der Waals surface area contributed by atoms with E-state index >= 15 is 0 Å². The Morgan fingerprint density at radius 3 is 2.63 bits per heavy atom. The first-order chi connectivity index (χ1) is 9.25. The number of fused-ring (bicyclic) bond motifs is 1. The molecule has 0 spiro atoms. The summed E-state index contributed by atoms with van der Waals surface area (Å²) in [5, 5.41) is 4.65. The van der Waals surface area contributed by atoms with E-state index in [0.29, 0.717) is 10.0 Å². The first-order valence-electron chi connectivity index (χ1n) is 6.60. The molecule has 0 unspecified atom stereocenters. The minimum Gasteiger partial charge on any atom is -0.382 e. The summed E-state index contributed by atoms with van der Waals surface area (Å²) in [7, 11) is 0. The van der Waals surface area contributed by atoms with Crippen molar-refractivity contribution < 1.29 is 0 Å². The van der Waals surface area contributed by atoms with Crippen LogP contribution in [0.4, 0.5) is 5.69 Å². The van der Waals surface area contributed by atoms with Gasteiger partial charge in [-0.3, -0.25) is 0 Å². The van der Waals surface area contributed by atoms with E-state index in [1.807, 2.05) is 0 Å². The summed E-state index contributed by atoms with van der Waals surface area (Å²) in [6.07, 6.45) is 6.66. The lowest BCUT2D eigenvalue weighted by atomic mass is 9.89. The Morgan fingerprint density at radius 2 is 1.84 bits per heavy atom. The van der Waals surface area contributed by atoms with Crippen LogP contribution in [0.1, 0.15) is 32.1 Å². The van der Waals surface area contributed by atoms with Gasteiger partial charge in [-0.2, -0.15) is 8.75 Å². The van der Waals surface area contributed by atoms with Gasteiger partial charge in [-0.25, -0.2) is 0 Å². The molecule has 1 aliphatic carbocycles. The van der Waals surface area contributed by atoms with Crippen molar-refractivity contribution in [2.45, 2.75) is 32.1 Å². The Balaban J connectivity index is 1.81. The smallest absolute Gasteiger partial charge is 0.130 e. The van der Waals surface area contributed by atoms with Gasteiger partial charge in [0.15, 0.2) is 0 Å². The highest BCUT2D eigenvalue weighted by atomic mass is 35.5. The van der Waals surface area contributed by atoms with E-state index in [-0.39, 0.29) is 0 Å². The van der Waals surface area contributed by atoms with Crippen LogP contribution in [0.15, 0.2) is 6.07 Å². The number of aromatic nitrogens is 2. The third kappa shape index (κ3) is 2.81. The van der Waals surface area contributed by atoms with E-state index in [2.05, 4.69) is 14.1 Å². The summed E-state index contributed by atoms with van der Waals surface area (Å²) in [5.41, 5.74) is 2.40. The zero-order chi connectivity index (χ0) is 13.2. The number of nitrogens with zero attached hydrogens (tertiary/aromatic N) is 2. The number of anilines is 1. The lowest BCUT2D eigenvalue weighted by molar-refractivity contribution is 0.373. The van der Waals surface area contributed by atoms with E-state index in [1.54, 1.807) is 6.07 Å². The van der Waals surface area contributed by atoms with Crippen LogP contribution in [0.2, 0.25) is 10.0 Å². The molecule has 0 bridgehead atoms. The van der Waals surface area contributed by atoms with Gasteiger partial charge in [-0.1, -0.05) is 42.5 Å². The molecule has 1 N–H and O–H groups in total. The molecule has 1 saturated carbocycles. The Labute approximate surface area is 126 Å². The predicted octanol–water partition coefficient (Wildman–Crippen LogP) is 4.99. The van der Waals surface area contributed by atoms with Gasteiger partial charge in [0, 0.05) is 6.54 Å². The van der Waals surface area contributed by atoms with Crippen LogP contribution in [0.25, 0.3) is 11.0 Å². The first-order valence-corrected chi connectivity index (χ1v) is 8.08. The molecule has 1 aliphatic rings. The van der Waals surface area contributed by atoms with Gasteiger partial charge in [-0.05, 0) is 24.8 Å². The highest BCUT2D eigenvalue weighted by Crippen LogP contribution is 2.35. The monoisotopic (exact) mass is 315 g/mol. The van der Waals surface area contributed by atoms with Crippen molar-refractivity contribution in [2.24, 2.45) is 5.92 Å². The van der Waals surface area contributed by atoms with E-state index in [4.69, 9.17) is 23.2 Å². The maximum absolute atomic E-state index is 6.27. The third-order valence-corrected chi connectivity index (χ3v) is 4.85. The van der Waals surface area contributed by atoms with Crippen LogP contribution in [0.5, 0.6) is 0 Å². The summed E-state index contributed by atoms with van der Waals surface area (Å²) in [5.74, 6) is 0.738. The van der Waals surface area contributed by atoms with Gasteiger partial charge < -0.3 is 5.32 Å². The molecule has 1 fully saturated rings. The second-order valence-electron chi connectivity index (χ2n) is 5.06. The molecule has 3 nitrogen and oxygen atoms in total. The van der Waals surface area contributed by atoms with E-state index in [9.17, 15) is 0 Å². The fraction of sp³-hybridized carbons (Fsp3) is 0.538. The molecule has 1 aromatic carbocycles. The fourth-order valence-electron chi connectivity index (χ4n) is 2.68. The third-order valence-electron chi connectivity index (χ3n) is 3.74. The standard InChI is InChI=1S/C13H15Cl2N3S/c14-9-6-10(15)12-13(18-19-17-12)11(9)16-7-8-4-2-1-3-5-8/h6,8,16H,1-5,7H2. The van der Waals surface area contributed by atoms with Crippen molar-refractivity contribution in [1.29, 1.82) is 0 Å². The maximum atomic E-state index is 6.27. The summed E-state index contributed by atoms with van der Waals surface area (Å²) in [4.78, 5) is 0. The molecule has 3 rings (SSSR count). The van der Waals surface area contributed by atoms with Crippen molar-refractivity contribution in [3.63, 3.8) is 0 Å². The molecule has 19 heavy (non-hydrogen) atoms. The van der Waals surface area contributed by atoms with Crippen LogP contribution in [0.3, 0.4) is 0 Å². The normalized spacial score (nSPS) is 16.9. The Kier molecular flexibility index (Phi) is 4.10. The van der Waals surface area contributed by atoms with Gasteiger partial charge >= 0.3 is 0 Å². The van der Waals surface area contributed by atoms with Gasteiger partial charge in [-0.15, -0.1) is 0 Å². The zero-order valence-corrected chi connectivity index (χ0v) is 12.8. The van der Waals surface area contributed by atoms with E-state index < -0.39 is 0 Å². The number of hydrogen-bond acceptors (Lipinski definition) is 4. The molecule has 0 aliphatic heterocycles. The van der Waals surface area contributed by atoms with Crippen LogP contribution in [-0.4, -0.2) is 15.3 Å². The van der Waals surface area contributed by atoms with Gasteiger partial charge in [0.1, 0.15) is 11.0 Å². The molecular formula is C13H15Cl2N3S. The van der Waals surface area contributed by atoms with Crippen LogP contribution < -0.4 is 5.32 Å². The number of nitrogens with one attached hydrogen (secondary N) is 1. The van der Waals surface area contributed by atoms with E-state index in [0.717, 1.165) is 29.2 Å². The number of halogens is 2. The Hall–Kier alpha value is -0.580. The second kappa shape index (κ2) is 5.81. The summed E-state index contributed by atoms with van der Waals surface area (Å²) < 4.78 is 8.52. The molecule has 0 saturated heterocycles. The number of hydrogen-bond donors (Lipinski definition) is 1. The minimum atomic E-state index is 0.567. The van der Waals surface area contributed by atoms with E-state index in [1.165, 1.54) is 43.8 Å². The first kappa shape index (κ1) is 13.4.